The van der Waals surface area contributed by atoms with Crippen molar-refractivity contribution in [1.82, 2.24) is 10.6 Å². The molecule has 16 heavy (non-hydrogen) atoms. The number of carbonyl (C=O) groups excluding carboxylic acids is 1. The minimum atomic E-state index is -0.665. The highest BCUT2D eigenvalue weighted by atomic mass is 16.3. The zero-order valence-corrected chi connectivity index (χ0v) is 10.9. The van der Waals surface area contributed by atoms with Gasteiger partial charge in [0.25, 0.3) is 0 Å². The minimum Gasteiger partial charge on any atom is -0.391 e. The highest BCUT2D eigenvalue weighted by Crippen LogP contribution is 2.05. The van der Waals surface area contributed by atoms with Gasteiger partial charge in [0.15, 0.2) is 0 Å². The van der Waals surface area contributed by atoms with Crippen LogP contribution in [0.5, 0.6) is 0 Å². The van der Waals surface area contributed by atoms with Crippen molar-refractivity contribution in [2.45, 2.75) is 52.8 Å². The lowest BCUT2D eigenvalue weighted by Crippen LogP contribution is -2.48. The van der Waals surface area contributed by atoms with Gasteiger partial charge in [-0.2, -0.15) is 0 Å². The normalized spacial score (nSPS) is 14.8. The van der Waals surface area contributed by atoms with Crippen LogP contribution in [0.4, 0.5) is 0 Å². The SMILES string of the molecule is C=C(NC(C)C)C(NC(=O)C(C)C)C(C)O. The largest absolute Gasteiger partial charge is 0.391 e. The summed E-state index contributed by atoms with van der Waals surface area (Å²) in [5.41, 5.74) is 0.638. The summed E-state index contributed by atoms with van der Waals surface area (Å²) < 4.78 is 0. The Bertz CT molecular complexity index is 247. The van der Waals surface area contributed by atoms with Crippen molar-refractivity contribution in [2.75, 3.05) is 0 Å². The molecule has 0 radical (unpaired) electrons. The lowest BCUT2D eigenvalue weighted by atomic mass is 10.1. The molecule has 0 aromatic rings. The zero-order valence-electron chi connectivity index (χ0n) is 10.9. The third-order valence-corrected chi connectivity index (χ3v) is 2.15. The Balaban J connectivity index is 4.50. The fourth-order valence-corrected chi connectivity index (χ4v) is 1.28. The first-order valence-electron chi connectivity index (χ1n) is 5.69. The maximum absolute atomic E-state index is 11.6. The molecular weight excluding hydrogens is 204 g/mol. The number of aliphatic hydroxyl groups is 1. The van der Waals surface area contributed by atoms with Gasteiger partial charge in [0.2, 0.25) is 5.91 Å². The highest BCUT2D eigenvalue weighted by molar-refractivity contribution is 5.78. The van der Waals surface area contributed by atoms with Gasteiger partial charge >= 0.3 is 0 Å². The molecule has 0 fully saturated rings. The van der Waals surface area contributed by atoms with Gasteiger partial charge in [-0.05, 0) is 20.8 Å². The molecule has 0 rings (SSSR count). The van der Waals surface area contributed by atoms with E-state index in [1.165, 1.54) is 0 Å². The van der Waals surface area contributed by atoms with E-state index in [0.717, 1.165) is 0 Å². The summed E-state index contributed by atoms with van der Waals surface area (Å²) in [6.07, 6.45) is -0.665. The van der Waals surface area contributed by atoms with E-state index in [1.54, 1.807) is 6.92 Å². The number of nitrogens with one attached hydrogen (secondary N) is 2. The van der Waals surface area contributed by atoms with Crippen molar-refractivity contribution in [3.8, 4) is 0 Å². The summed E-state index contributed by atoms with van der Waals surface area (Å²) in [6, 6.07) is -0.220. The Labute approximate surface area is 98.1 Å². The molecule has 0 aliphatic carbocycles. The quantitative estimate of drug-likeness (QED) is 0.636. The van der Waals surface area contributed by atoms with E-state index >= 15 is 0 Å². The molecule has 0 heterocycles. The number of hydrogen-bond acceptors (Lipinski definition) is 3. The molecular formula is C12H24N2O2. The van der Waals surface area contributed by atoms with E-state index in [-0.39, 0.29) is 17.9 Å². The van der Waals surface area contributed by atoms with Crippen LogP contribution in [0.15, 0.2) is 12.3 Å². The average Bonchev–Trinajstić information content (AvgIpc) is 2.11. The van der Waals surface area contributed by atoms with Crippen LogP contribution in [0.3, 0.4) is 0 Å². The molecule has 0 aliphatic heterocycles. The molecule has 0 saturated carbocycles. The predicted molar refractivity (Wildman–Crippen MR) is 65.9 cm³/mol. The Morgan fingerprint density at radius 2 is 1.62 bits per heavy atom. The van der Waals surface area contributed by atoms with Gasteiger partial charge < -0.3 is 15.7 Å². The lowest BCUT2D eigenvalue weighted by Gasteiger charge is -2.26. The number of amides is 1. The molecule has 4 heteroatoms. The Kier molecular flexibility index (Phi) is 6.11. The summed E-state index contributed by atoms with van der Waals surface area (Å²) in [7, 11) is 0. The van der Waals surface area contributed by atoms with E-state index in [2.05, 4.69) is 17.2 Å². The van der Waals surface area contributed by atoms with Crippen molar-refractivity contribution in [1.29, 1.82) is 0 Å². The predicted octanol–water partition coefficient (Wildman–Crippen LogP) is 1.02. The van der Waals surface area contributed by atoms with Crippen LogP contribution < -0.4 is 10.6 Å². The fraction of sp³-hybridized carbons (Fsp3) is 0.750. The van der Waals surface area contributed by atoms with Gasteiger partial charge in [0.05, 0.1) is 12.1 Å². The standard InChI is InChI=1S/C12H24N2O2/c1-7(2)12(16)14-11(10(6)15)9(5)13-8(3)4/h7-8,10-11,13,15H,5H2,1-4,6H3,(H,14,16). The first-order chi connectivity index (χ1) is 7.25. The van der Waals surface area contributed by atoms with Crippen LogP contribution in [0.25, 0.3) is 0 Å². The molecule has 0 spiro atoms. The van der Waals surface area contributed by atoms with Crippen molar-refractivity contribution in [2.24, 2.45) is 5.92 Å². The topological polar surface area (TPSA) is 61.4 Å². The summed E-state index contributed by atoms with van der Waals surface area (Å²) in [5.74, 6) is -0.189. The van der Waals surface area contributed by atoms with Crippen LogP contribution in [0, 0.1) is 5.92 Å². The molecule has 2 atom stereocenters. The Hall–Kier alpha value is -1.03. The maximum Gasteiger partial charge on any atom is 0.223 e. The lowest BCUT2D eigenvalue weighted by molar-refractivity contribution is -0.125. The van der Waals surface area contributed by atoms with E-state index in [4.69, 9.17) is 0 Å². The smallest absolute Gasteiger partial charge is 0.223 e. The van der Waals surface area contributed by atoms with Gasteiger partial charge in [-0.1, -0.05) is 20.4 Å². The molecule has 2 unspecified atom stereocenters. The van der Waals surface area contributed by atoms with Gasteiger partial charge in [0.1, 0.15) is 0 Å². The summed E-state index contributed by atoms with van der Waals surface area (Å²) in [5, 5.41) is 15.5. The van der Waals surface area contributed by atoms with Crippen molar-refractivity contribution in [3.05, 3.63) is 12.3 Å². The Morgan fingerprint density at radius 1 is 1.12 bits per heavy atom. The van der Waals surface area contributed by atoms with E-state index in [1.807, 2.05) is 27.7 Å². The van der Waals surface area contributed by atoms with E-state index in [0.29, 0.717) is 5.70 Å². The van der Waals surface area contributed by atoms with Crippen molar-refractivity contribution in [3.63, 3.8) is 0 Å². The first kappa shape index (κ1) is 15.0. The number of hydrogen-bond donors (Lipinski definition) is 3. The second-order valence-corrected chi connectivity index (χ2v) is 4.71. The summed E-state index contributed by atoms with van der Waals surface area (Å²) >= 11 is 0. The molecule has 0 aromatic heterocycles. The molecule has 94 valence electrons. The zero-order chi connectivity index (χ0) is 12.9. The Morgan fingerprint density at radius 3 is 1.94 bits per heavy atom. The van der Waals surface area contributed by atoms with Crippen molar-refractivity contribution >= 4 is 5.91 Å². The summed E-state index contributed by atoms with van der Waals surface area (Å²) in [6.45, 7) is 13.1. The van der Waals surface area contributed by atoms with Crippen molar-refractivity contribution < 1.29 is 9.90 Å². The minimum absolute atomic E-state index is 0.0855. The number of aliphatic hydroxyl groups excluding tert-OH is 1. The third-order valence-electron chi connectivity index (χ3n) is 2.15. The number of rotatable bonds is 6. The molecule has 4 nitrogen and oxygen atoms in total. The van der Waals surface area contributed by atoms with E-state index < -0.39 is 12.1 Å². The van der Waals surface area contributed by atoms with E-state index in [9.17, 15) is 9.90 Å². The first-order valence-corrected chi connectivity index (χ1v) is 5.69. The van der Waals surface area contributed by atoms with Crippen LogP contribution in [0.2, 0.25) is 0 Å². The molecule has 1 amide bonds. The molecule has 0 saturated heterocycles. The molecule has 0 bridgehead atoms. The number of carbonyl (C=O) groups is 1. The van der Waals surface area contributed by atoms with Crippen LogP contribution >= 0.6 is 0 Å². The molecule has 0 aliphatic rings. The highest BCUT2D eigenvalue weighted by Gasteiger charge is 2.22. The summed E-state index contributed by atoms with van der Waals surface area (Å²) in [4.78, 5) is 11.6. The van der Waals surface area contributed by atoms with Crippen LogP contribution in [-0.2, 0) is 4.79 Å². The van der Waals surface area contributed by atoms with Crippen LogP contribution in [0.1, 0.15) is 34.6 Å². The maximum atomic E-state index is 11.6. The van der Waals surface area contributed by atoms with Gasteiger partial charge in [-0.25, -0.2) is 0 Å². The molecule has 3 N–H and O–H groups in total. The van der Waals surface area contributed by atoms with Crippen LogP contribution in [-0.4, -0.2) is 29.2 Å². The van der Waals surface area contributed by atoms with Gasteiger partial charge in [-0.15, -0.1) is 0 Å². The second-order valence-electron chi connectivity index (χ2n) is 4.71. The fourth-order valence-electron chi connectivity index (χ4n) is 1.28. The van der Waals surface area contributed by atoms with Gasteiger partial charge in [0, 0.05) is 17.7 Å². The second kappa shape index (κ2) is 6.53. The van der Waals surface area contributed by atoms with Gasteiger partial charge in [-0.3, -0.25) is 4.79 Å². The average molecular weight is 228 g/mol. The molecule has 0 aromatic carbocycles. The monoisotopic (exact) mass is 228 g/mol. The third kappa shape index (κ3) is 5.16.